The van der Waals surface area contributed by atoms with Crippen LogP contribution in [0.4, 0.5) is 0 Å². The number of benzene rings is 2. The first-order chi connectivity index (χ1) is 11.0. The maximum Gasteiger partial charge on any atom is 0.241 e. The second-order valence-electron chi connectivity index (χ2n) is 5.19. The summed E-state index contributed by atoms with van der Waals surface area (Å²) >= 11 is 3.34. The van der Waals surface area contributed by atoms with E-state index in [1.165, 1.54) is 0 Å². The summed E-state index contributed by atoms with van der Waals surface area (Å²) < 4.78 is 28.6. The lowest BCUT2D eigenvalue weighted by Gasteiger charge is -2.12. The fraction of sp³-hybridized carbons (Fsp3) is 0.294. The topological polar surface area (TPSA) is 66.4 Å². The molecule has 0 spiro atoms. The smallest absolute Gasteiger partial charge is 0.241 e. The second-order valence-corrected chi connectivity index (χ2v) is 7.84. The van der Waals surface area contributed by atoms with Crippen LogP contribution in [0.15, 0.2) is 57.9 Å². The summed E-state index contributed by atoms with van der Waals surface area (Å²) in [6, 6.07) is 14.7. The van der Waals surface area contributed by atoms with Crippen molar-refractivity contribution in [1.82, 2.24) is 4.72 Å². The highest BCUT2D eigenvalue weighted by Gasteiger charge is 2.19. The first-order valence-electron chi connectivity index (χ1n) is 7.50. The van der Waals surface area contributed by atoms with Crippen molar-refractivity contribution in [2.45, 2.75) is 24.2 Å². The summed E-state index contributed by atoms with van der Waals surface area (Å²) in [6.07, 6.45) is 2.19. The Bertz CT molecular complexity index is 733. The summed E-state index contributed by atoms with van der Waals surface area (Å²) in [5.41, 5.74) is 1.54. The van der Waals surface area contributed by atoms with Crippen molar-refractivity contribution in [1.29, 1.82) is 0 Å². The number of aliphatic hydroxyl groups excluding tert-OH is 1. The molecule has 2 rings (SSSR count). The van der Waals surface area contributed by atoms with Crippen molar-refractivity contribution >= 4 is 26.0 Å². The first kappa shape index (κ1) is 18.1. The molecule has 0 radical (unpaired) electrons. The summed E-state index contributed by atoms with van der Waals surface area (Å²) in [6.45, 7) is 0.500. The fourth-order valence-corrected chi connectivity index (χ4v) is 4.11. The van der Waals surface area contributed by atoms with Gasteiger partial charge in [0.2, 0.25) is 10.0 Å². The van der Waals surface area contributed by atoms with E-state index in [0.717, 1.165) is 16.5 Å². The highest BCUT2D eigenvalue weighted by molar-refractivity contribution is 9.10. The number of hydrogen-bond acceptors (Lipinski definition) is 3. The van der Waals surface area contributed by atoms with E-state index in [4.69, 9.17) is 5.11 Å². The minimum absolute atomic E-state index is 0.135. The number of nitrogens with one attached hydrogen (secondary N) is 1. The van der Waals surface area contributed by atoms with E-state index in [9.17, 15) is 8.42 Å². The van der Waals surface area contributed by atoms with E-state index in [-0.39, 0.29) is 11.5 Å². The molecule has 6 heteroatoms. The van der Waals surface area contributed by atoms with Gasteiger partial charge in [-0.1, -0.05) is 52.3 Å². The van der Waals surface area contributed by atoms with Crippen LogP contribution in [-0.4, -0.2) is 26.7 Å². The maximum absolute atomic E-state index is 12.6. The number of rotatable bonds is 8. The van der Waals surface area contributed by atoms with Gasteiger partial charge in [0.25, 0.3) is 0 Å². The standard InChI is InChI=1S/C17H20BrNO3S/c18-15-9-10-16(14-7-3-1-4-8-14)17(13-15)23(21,22)19-11-5-2-6-12-20/h1,3-4,7-10,13,19-20H,2,5-6,11-12H2. The van der Waals surface area contributed by atoms with Crippen molar-refractivity contribution in [2.24, 2.45) is 0 Å². The number of halogens is 1. The average Bonchev–Trinajstić information content (AvgIpc) is 2.55. The van der Waals surface area contributed by atoms with Crippen molar-refractivity contribution in [3.8, 4) is 11.1 Å². The van der Waals surface area contributed by atoms with E-state index >= 15 is 0 Å². The van der Waals surface area contributed by atoms with Crippen LogP contribution in [-0.2, 0) is 10.0 Å². The predicted molar refractivity (Wildman–Crippen MR) is 95.7 cm³/mol. The third kappa shape index (κ3) is 5.14. The summed E-state index contributed by atoms with van der Waals surface area (Å²) in [5, 5.41) is 8.75. The van der Waals surface area contributed by atoms with E-state index < -0.39 is 10.0 Å². The first-order valence-corrected chi connectivity index (χ1v) is 9.78. The number of sulfonamides is 1. The third-order valence-corrected chi connectivity index (χ3v) is 5.44. The highest BCUT2D eigenvalue weighted by Crippen LogP contribution is 2.29. The van der Waals surface area contributed by atoms with E-state index in [1.54, 1.807) is 12.1 Å². The Hall–Kier alpha value is -1.21. The van der Waals surface area contributed by atoms with Gasteiger partial charge in [0.1, 0.15) is 0 Å². The van der Waals surface area contributed by atoms with Crippen LogP contribution in [0, 0.1) is 0 Å². The lowest BCUT2D eigenvalue weighted by atomic mass is 10.1. The van der Waals surface area contributed by atoms with E-state index in [1.807, 2.05) is 36.4 Å². The molecule has 0 aliphatic rings. The Kier molecular flexibility index (Phi) is 6.77. The minimum Gasteiger partial charge on any atom is -0.396 e. The predicted octanol–water partition coefficient (Wildman–Crippen LogP) is 3.56. The van der Waals surface area contributed by atoms with Gasteiger partial charge in [-0.3, -0.25) is 0 Å². The molecule has 0 saturated heterocycles. The molecular weight excluding hydrogens is 378 g/mol. The van der Waals surface area contributed by atoms with Crippen LogP contribution in [0.2, 0.25) is 0 Å². The summed E-state index contributed by atoms with van der Waals surface area (Å²) in [7, 11) is -3.59. The summed E-state index contributed by atoms with van der Waals surface area (Å²) in [4.78, 5) is 0.264. The molecule has 0 amide bonds. The van der Waals surface area contributed by atoms with Gasteiger partial charge < -0.3 is 5.11 Å². The largest absolute Gasteiger partial charge is 0.396 e. The molecule has 0 aromatic heterocycles. The Morgan fingerprint density at radius 1 is 1.00 bits per heavy atom. The SMILES string of the molecule is O=S(=O)(NCCCCCO)c1cc(Br)ccc1-c1ccccc1. The van der Waals surface area contributed by atoms with Gasteiger partial charge in [0, 0.05) is 23.2 Å². The Labute approximate surface area is 145 Å². The lowest BCUT2D eigenvalue weighted by Crippen LogP contribution is -2.25. The van der Waals surface area contributed by atoms with Crippen LogP contribution in [0.5, 0.6) is 0 Å². The van der Waals surface area contributed by atoms with Gasteiger partial charge in [0.15, 0.2) is 0 Å². The molecular formula is C17H20BrNO3S. The average molecular weight is 398 g/mol. The molecule has 0 atom stereocenters. The monoisotopic (exact) mass is 397 g/mol. The number of unbranched alkanes of at least 4 members (excludes halogenated alkanes) is 2. The zero-order valence-corrected chi connectivity index (χ0v) is 15.1. The lowest BCUT2D eigenvalue weighted by molar-refractivity contribution is 0.283. The van der Waals surface area contributed by atoms with Gasteiger partial charge >= 0.3 is 0 Å². The zero-order valence-electron chi connectivity index (χ0n) is 12.7. The second kappa shape index (κ2) is 8.59. The van der Waals surface area contributed by atoms with Crippen molar-refractivity contribution < 1.29 is 13.5 Å². The highest BCUT2D eigenvalue weighted by atomic mass is 79.9. The normalized spacial score (nSPS) is 11.6. The van der Waals surface area contributed by atoms with Crippen molar-refractivity contribution in [3.63, 3.8) is 0 Å². The maximum atomic E-state index is 12.6. The molecule has 2 aromatic carbocycles. The van der Waals surface area contributed by atoms with Crippen molar-refractivity contribution in [3.05, 3.63) is 53.0 Å². The molecule has 0 aliphatic heterocycles. The fourth-order valence-electron chi connectivity index (χ4n) is 2.27. The molecule has 2 aromatic rings. The Morgan fingerprint density at radius 3 is 2.43 bits per heavy atom. The molecule has 0 fully saturated rings. The number of aliphatic hydroxyl groups is 1. The van der Waals surface area contributed by atoms with Gasteiger partial charge in [-0.25, -0.2) is 13.1 Å². The summed E-state index contributed by atoms with van der Waals surface area (Å²) in [5.74, 6) is 0. The molecule has 2 N–H and O–H groups in total. The third-order valence-electron chi connectivity index (χ3n) is 3.44. The molecule has 23 heavy (non-hydrogen) atoms. The molecule has 0 heterocycles. The zero-order chi connectivity index (χ0) is 16.7. The van der Waals surface area contributed by atoms with Gasteiger partial charge in [-0.15, -0.1) is 0 Å². The Morgan fingerprint density at radius 2 is 1.74 bits per heavy atom. The molecule has 0 unspecified atom stereocenters. The Balaban J connectivity index is 2.25. The molecule has 0 aliphatic carbocycles. The van der Waals surface area contributed by atoms with E-state index in [2.05, 4.69) is 20.7 Å². The van der Waals surface area contributed by atoms with E-state index in [0.29, 0.717) is 24.9 Å². The quantitative estimate of drug-likeness (QED) is 0.669. The van der Waals surface area contributed by atoms with Gasteiger partial charge in [-0.05, 0) is 37.0 Å². The molecule has 4 nitrogen and oxygen atoms in total. The number of hydrogen-bond donors (Lipinski definition) is 2. The van der Waals surface area contributed by atoms with Crippen LogP contribution in [0.3, 0.4) is 0 Å². The van der Waals surface area contributed by atoms with Crippen LogP contribution in [0.25, 0.3) is 11.1 Å². The molecule has 0 saturated carbocycles. The minimum atomic E-state index is -3.59. The molecule has 124 valence electrons. The van der Waals surface area contributed by atoms with Crippen molar-refractivity contribution in [2.75, 3.05) is 13.2 Å². The van der Waals surface area contributed by atoms with Crippen LogP contribution < -0.4 is 4.72 Å². The van der Waals surface area contributed by atoms with Crippen LogP contribution >= 0.6 is 15.9 Å². The van der Waals surface area contributed by atoms with Gasteiger partial charge in [-0.2, -0.15) is 0 Å². The molecule has 0 bridgehead atoms. The van der Waals surface area contributed by atoms with Gasteiger partial charge in [0.05, 0.1) is 4.90 Å². The van der Waals surface area contributed by atoms with Crippen LogP contribution in [0.1, 0.15) is 19.3 Å².